The van der Waals surface area contributed by atoms with Crippen LogP contribution in [0.5, 0.6) is 0 Å². The Morgan fingerprint density at radius 3 is 2.84 bits per heavy atom. The SMILES string of the molecule is COC(=O)c1cc(CNC(=O)c2cn3ccsc3n2)cc(NC(=O)Cc2cscn2)c1. The van der Waals surface area contributed by atoms with Gasteiger partial charge in [-0.3, -0.25) is 14.0 Å². The van der Waals surface area contributed by atoms with E-state index in [1.807, 2.05) is 11.6 Å². The third kappa shape index (κ3) is 4.95. The Hall–Kier alpha value is -3.57. The molecule has 0 atom stereocenters. The Bertz CT molecular complexity index is 1220. The van der Waals surface area contributed by atoms with Crippen LogP contribution in [0.25, 0.3) is 4.96 Å². The Morgan fingerprint density at radius 2 is 2.10 bits per heavy atom. The third-order valence-electron chi connectivity index (χ3n) is 4.30. The smallest absolute Gasteiger partial charge is 0.337 e. The number of nitrogens with zero attached hydrogens (tertiary/aromatic N) is 3. The molecule has 0 saturated carbocycles. The number of carbonyl (C=O) groups excluding carboxylic acids is 3. The molecule has 31 heavy (non-hydrogen) atoms. The van der Waals surface area contributed by atoms with E-state index < -0.39 is 5.97 Å². The highest BCUT2D eigenvalue weighted by Gasteiger charge is 2.14. The zero-order valence-corrected chi connectivity index (χ0v) is 18.0. The van der Waals surface area contributed by atoms with E-state index in [4.69, 9.17) is 4.74 Å². The van der Waals surface area contributed by atoms with Crippen molar-refractivity contribution < 1.29 is 19.1 Å². The molecule has 0 bridgehead atoms. The van der Waals surface area contributed by atoms with Crippen molar-refractivity contribution in [1.29, 1.82) is 0 Å². The monoisotopic (exact) mass is 455 g/mol. The van der Waals surface area contributed by atoms with Crippen LogP contribution in [0, 0.1) is 0 Å². The normalized spacial score (nSPS) is 10.7. The third-order valence-corrected chi connectivity index (χ3v) is 5.71. The van der Waals surface area contributed by atoms with Gasteiger partial charge in [-0.05, 0) is 23.8 Å². The van der Waals surface area contributed by atoms with Gasteiger partial charge in [-0.1, -0.05) is 0 Å². The van der Waals surface area contributed by atoms with Gasteiger partial charge in [0.25, 0.3) is 5.91 Å². The van der Waals surface area contributed by atoms with Gasteiger partial charge in [0, 0.05) is 35.4 Å². The molecule has 0 saturated heterocycles. The second kappa shape index (κ2) is 9.06. The van der Waals surface area contributed by atoms with Crippen molar-refractivity contribution in [3.8, 4) is 0 Å². The van der Waals surface area contributed by atoms with Crippen LogP contribution >= 0.6 is 22.7 Å². The zero-order valence-electron chi connectivity index (χ0n) is 16.3. The van der Waals surface area contributed by atoms with Gasteiger partial charge >= 0.3 is 5.97 Å². The number of nitrogens with one attached hydrogen (secondary N) is 2. The number of benzene rings is 1. The number of amides is 2. The predicted molar refractivity (Wildman–Crippen MR) is 116 cm³/mol. The van der Waals surface area contributed by atoms with Gasteiger partial charge in [0.2, 0.25) is 5.91 Å². The summed E-state index contributed by atoms with van der Waals surface area (Å²) in [5.74, 6) is -1.15. The molecule has 3 aromatic heterocycles. The highest BCUT2D eigenvalue weighted by atomic mass is 32.1. The van der Waals surface area contributed by atoms with E-state index in [1.165, 1.54) is 35.8 Å². The van der Waals surface area contributed by atoms with Crippen LogP contribution in [0.15, 0.2) is 46.9 Å². The lowest BCUT2D eigenvalue weighted by molar-refractivity contribution is -0.115. The molecule has 0 aliphatic rings. The van der Waals surface area contributed by atoms with E-state index >= 15 is 0 Å². The quantitative estimate of drug-likeness (QED) is 0.414. The summed E-state index contributed by atoms with van der Waals surface area (Å²) in [6, 6.07) is 4.82. The number of hydrogen-bond acceptors (Lipinski definition) is 8. The molecule has 0 aliphatic carbocycles. The van der Waals surface area contributed by atoms with Gasteiger partial charge < -0.3 is 15.4 Å². The van der Waals surface area contributed by atoms with E-state index in [0.29, 0.717) is 22.6 Å². The van der Waals surface area contributed by atoms with E-state index in [9.17, 15) is 14.4 Å². The lowest BCUT2D eigenvalue weighted by atomic mass is 10.1. The molecule has 158 valence electrons. The summed E-state index contributed by atoms with van der Waals surface area (Å²) in [5.41, 5.74) is 3.94. The van der Waals surface area contributed by atoms with Crippen LogP contribution in [0.4, 0.5) is 5.69 Å². The van der Waals surface area contributed by atoms with Crippen molar-refractivity contribution >= 4 is 51.1 Å². The van der Waals surface area contributed by atoms with Crippen molar-refractivity contribution in [2.45, 2.75) is 13.0 Å². The van der Waals surface area contributed by atoms with Crippen LogP contribution < -0.4 is 10.6 Å². The molecule has 4 aromatic rings. The number of anilines is 1. The Labute approximate surface area is 184 Å². The van der Waals surface area contributed by atoms with Crippen LogP contribution in [0.2, 0.25) is 0 Å². The molecule has 0 spiro atoms. The zero-order chi connectivity index (χ0) is 21.8. The first-order chi connectivity index (χ1) is 15.0. The number of carbonyl (C=O) groups is 3. The fraction of sp³-hybridized carbons (Fsp3) is 0.150. The number of rotatable bonds is 7. The maximum absolute atomic E-state index is 12.5. The summed E-state index contributed by atoms with van der Waals surface area (Å²) in [5, 5.41) is 9.23. The molecule has 0 unspecified atom stereocenters. The average molecular weight is 456 g/mol. The first-order valence-corrected chi connectivity index (χ1v) is 10.9. The highest BCUT2D eigenvalue weighted by molar-refractivity contribution is 7.15. The van der Waals surface area contributed by atoms with Gasteiger partial charge in [0.15, 0.2) is 4.96 Å². The molecule has 3 heterocycles. The summed E-state index contributed by atoms with van der Waals surface area (Å²) < 4.78 is 6.57. The molecule has 0 aliphatic heterocycles. The Morgan fingerprint density at radius 1 is 1.23 bits per heavy atom. The van der Waals surface area contributed by atoms with Crippen molar-refractivity contribution in [3.63, 3.8) is 0 Å². The molecule has 0 fully saturated rings. The molecular formula is C20H17N5O4S2. The summed E-state index contributed by atoms with van der Waals surface area (Å²) in [6.07, 6.45) is 3.59. The van der Waals surface area contributed by atoms with Crippen molar-refractivity contribution in [2.75, 3.05) is 12.4 Å². The summed E-state index contributed by atoms with van der Waals surface area (Å²) >= 11 is 2.84. The summed E-state index contributed by atoms with van der Waals surface area (Å²) in [6.45, 7) is 0.143. The van der Waals surface area contributed by atoms with E-state index in [-0.39, 0.29) is 30.3 Å². The minimum absolute atomic E-state index is 0.121. The predicted octanol–water partition coefficient (Wildman–Crippen LogP) is 2.75. The molecule has 0 radical (unpaired) electrons. The second-order valence-corrected chi connectivity index (χ2v) is 8.11. The van der Waals surface area contributed by atoms with Gasteiger partial charge in [-0.25, -0.2) is 14.8 Å². The molecule has 1 aromatic carbocycles. The second-order valence-electron chi connectivity index (χ2n) is 6.52. The van der Waals surface area contributed by atoms with E-state index in [0.717, 1.165) is 4.96 Å². The minimum Gasteiger partial charge on any atom is -0.465 e. The van der Waals surface area contributed by atoms with Gasteiger partial charge in [-0.15, -0.1) is 22.7 Å². The maximum atomic E-state index is 12.5. The van der Waals surface area contributed by atoms with Gasteiger partial charge in [0.1, 0.15) is 5.69 Å². The topological polar surface area (TPSA) is 115 Å². The Kier molecular flexibility index (Phi) is 6.05. The van der Waals surface area contributed by atoms with Crippen LogP contribution in [-0.4, -0.2) is 39.3 Å². The first-order valence-electron chi connectivity index (χ1n) is 9.11. The standard InChI is InChI=1S/C20H17N5O4S2/c1-29-19(28)13-4-12(5-14(6-13)23-17(26)7-15-10-30-11-22-15)8-21-18(27)16-9-25-2-3-31-20(25)24-16/h2-6,9-11H,7-8H2,1H3,(H,21,27)(H,23,26). The number of imidazole rings is 1. The largest absolute Gasteiger partial charge is 0.465 e. The molecular weight excluding hydrogens is 438 g/mol. The maximum Gasteiger partial charge on any atom is 0.337 e. The van der Waals surface area contributed by atoms with Gasteiger partial charge in [-0.2, -0.15) is 0 Å². The number of aromatic nitrogens is 3. The van der Waals surface area contributed by atoms with E-state index in [1.54, 1.807) is 33.6 Å². The number of fused-ring (bicyclic) bond motifs is 1. The Balaban J connectivity index is 1.48. The number of methoxy groups -OCH3 is 1. The number of esters is 1. The minimum atomic E-state index is -0.544. The lowest BCUT2D eigenvalue weighted by Gasteiger charge is -2.11. The lowest BCUT2D eigenvalue weighted by Crippen LogP contribution is -2.23. The average Bonchev–Trinajstić information content (AvgIpc) is 3.49. The summed E-state index contributed by atoms with van der Waals surface area (Å²) in [7, 11) is 1.28. The molecule has 9 nitrogen and oxygen atoms in total. The van der Waals surface area contributed by atoms with Crippen LogP contribution in [0.1, 0.15) is 32.1 Å². The van der Waals surface area contributed by atoms with Crippen molar-refractivity contribution in [2.24, 2.45) is 0 Å². The molecule has 2 amide bonds. The van der Waals surface area contributed by atoms with E-state index in [2.05, 4.69) is 20.6 Å². The van der Waals surface area contributed by atoms with Gasteiger partial charge in [0.05, 0.1) is 30.3 Å². The summed E-state index contributed by atoms with van der Waals surface area (Å²) in [4.78, 5) is 45.9. The van der Waals surface area contributed by atoms with Crippen molar-refractivity contribution in [3.05, 3.63) is 69.4 Å². The van der Waals surface area contributed by atoms with Crippen LogP contribution in [0.3, 0.4) is 0 Å². The van der Waals surface area contributed by atoms with Crippen molar-refractivity contribution in [1.82, 2.24) is 19.7 Å². The highest BCUT2D eigenvalue weighted by Crippen LogP contribution is 2.17. The molecule has 11 heteroatoms. The fourth-order valence-electron chi connectivity index (χ4n) is 2.91. The first kappa shape index (κ1) is 20.7. The molecule has 4 rings (SSSR count). The van der Waals surface area contributed by atoms with Crippen LogP contribution in [-0.2, 0) is 22.5 Å². The fourth-order valence-corrected chi connectivity index (χ4v) is 4.16. The number of hydrogen-bond donors (Lipinski definition) is 2. The molecule has 2 N–H and O–H groups in total. The number of ether oxygens (including phenoxy) is 1. The number of thiazole rings is 2.